The molecular formula is C29H41F3N6O. The third-order valence-electron chi connectivity index (χ3n) is 10.8. The molecule has 2 aliphatic heterocycles. The first kappa shape index (κ1) is 26.0. The van der Waals surface area contributed by atoms with Crippen molar-refractivity contribution in [2.45, 2.75) is 89.1 Å². The molecule has 0 aromatic carbocycles. The third-order valence-corrected chi connectivity index (χ3v) is 10.8. The number of hydrazine groups is 1. The fraction of sp³-hybridized carbons (Fsp3) is 0.759. The van der Waals surface area contributed by atoms with Gasteiger partial charge in [0, 0.05) is 31.5 Å². The van der Waals surface area contributed by atoms with E-state index in [4.69, 9.17) is 0 Å². The highest BCUT2D eigenvalue weighted by molar-refractivity contribution is 5.56. The second-order valence-electron chi connectivity index (χ2n) is 13.3. The molecule has 0 bridgehead atoms. The number of imidazole rings is 1. The SMILES string of the molecule is CN1CNNC1[C@@H](C1CCC1)C1CCCC(n2cc3c(C(F)(F)F)cc(CN4CCC5(CC5)C4)cn3c2=O)C1. The standard InChI is InChI=1S/C29H41F3N6O/c1-35-18-33-34-26(35)25(20-4-2-5-20)21-6-3-7-22(13-21)37-16-24-23(29(30,31)32)12-19(15-38(24)27(37)39)14-36-11-10-28(17-36)8-9-28/h12,15-16,20-22,25-26,33-34H,2-11,13-14,17-18H2,1H3/t21?,22?,25-,26?/m0/s1. The van der Waals surface area contributed by atoms with Crippen LogP contribution in [0.1, 0.15) is 81.4 Å². The zero-order valence-electron chi connectivity index (χ0n) is 22.8. The Bertz CT molecular complexity index is 1280. The maximum atomic E-state index is 14.3. The molecule has 0 radical (unpaired) electrons. The number of hydrogen-bond donors (Lipinski definition) is 2. The normalized spacial score (nSPS) is 30.8. The van der Waals surface area contributed by atoms with Gasteiger partial charge in [-0.1, -0.05) is 25.7 Å². The van der Waals surface area contributed by atoms with Crippen LogP contribution in [0.2, 0.25) is 0 Å². The minimum absolute atomic E-state index is 0.0182. The Kier molecular flexibility index (Phi) is 6.41. The van der Waals surface area contributed by atoms with Crippen molar-refractivity contribution >= 4 is 5.52 Å². The second-order valence-corrected chi connectivity index (χ2v) is 13.3. The van der Waals surface area contributed by atoms with E-state index in [0.717, 1.165) is 51.9 Å². The summed E-state index contributed by atoms with van der Waals surface area (Å²) in [5.74, 6) is 1.58. The van der Waals surface area contributed by atoms with E-state index in [1.807, 2.05) is 0 Å². The number of halogens is 3. The monoisotopic (exact) mass is 546 g/mol. The quantitative estimate of drug-likeness (QED) is 0.556. The molecule has 3 saturated carbocycles. The van der Waals surface area contributed by atoms with Gasteiger partial charge in [-0.2, -0.15) is 13.2 Å². The maximum absolute atomic E-state index is 14.3. The third kappa shape index (κ3) is 4.75. The fourth-order valence-electron chi connectivity index (χ4n) is 8.25. The van der Waals surface area contributed by atoms with Crippen LogP contribution in [0.25, 0.3) is 5.52 Å². The summed E-state index contributed by atoms with van der Waals surface area (Å²) < 4.78 is 45.8. The first-order chi connectivity index (χ1) is 18.7. The molecule has 39 heavy (non-hydrogen) atoms. The van der Waals surface area contributed by atoms with Crippen LogP contribution in [0.3, 0.4) is 0 Å². The molecule has 2 aromatic heterocycles. The topological polar surface area (TPSA) is 56.9 Å². The van der Waals surface area contributed by atoms with E-state index in [0.29, 0.717) is 35.3 Å². The summed E-state index contributed by atoms with van der Waals surface area (Å²) in [4.78, 5) is 18.3. The zero-order chi connectivity index (χ0) is 26.9. The van der Waals surface area contributed by atoms with Gasteiger partial charge in [-0.25, -0.2) is 15.6 Å². The number of likely N-dealkylation sites (tertiary alicyclic amines) is 1. The molecule has 4 atom stereocenters. The van der Waals surface area contributed by atoms with Crippen molar-refractivity contribution in [1.29, 1.82) is 0 Å². The van der Waals surface area contributed by atoms with Crippen molar-refractivity contribution in [3.63, 3.8) is 0 Å². The molecule has 2 N–H and O–H groups in total. The highest BCUT2D eigenvalue weighted by atomic mass is 19.4. The summed E-state index contributed by atoms with van der Waals surface area (Å²) in [7, 11) is 2.14. The summed E-state index contributed by atoms with van der Waals surface area (Å²) >= 11 is 0. The summed E-state index contributed by atoms with van der Waals surface area (Å²) in [5, 5.41) is 0. The highest BCUT2D eigenvalue weighted by Crippen LogP contribution is 2.53. The average molecular weight is 547 g/mol. The first-order valence-electron chi connectivity index (χ1n) is 15.0. The Morgan fingerprint density at radius 3 is 2.49 bits per heavy atom. The molecule has 3 unspecified atom stereocenters. The smallest absolute Gasteiger partial charge is 0.298 e. The molecule has 3 aliphatic carbocycles. The van der Waals surface area contributed by atoms with Crippen molar-refractivity contribution in [2.24, 2.45) is 23.2 Å². The van der Waals surface area contributed by atoms with Crippen LogP contribution in [0.15, 0.2) is 23.3 Å². The lowest BCUT2D eigenvalue weighted by Crippen LogP contribution is -2.50. The molecule has 5 fully saturated rings. The Balaban J connectivity index is 1.19. The molecule has 5 aliphatic rings. The molecule has 7 nitrogen and oxygen atoms in total. The van der Waals surface area contributed by atoms with Gasteiger partial charge < -0.3 is 0 Å². The number of pyridine rings is 1. The van der Waals surface area contributed by atoms with Gasteiger partial charge in [0.05, 0.1) is 23.9 Å². The van der Waals surface area contributed by atoms with Crippen LogP contribution in [0.5, 0.6) is 0 Å². The van der Waals surface area contributed by atoms with Gasteiger partial charge >= 0.3 is 11.9 Å². The van der Waals surface area contributed by atoms with Crippen LogP contribution in [-0.2, 0) is 12.7 Å². The minimum atomic E-state index is -4.52. The fourth-order valence-corrected chi connectivity index (χ4v) is 8.25. The summed E-state index contributed by atoms with van der Waals surface area (Å²) in [6.07, 6.45) is 10.0. The van der Waals surface area contributed by atoms with Crippen molar-refractivity contribution in [3.05, 3.63) is 40.1 Å². The van der Waals surface area contributed by atoms with Crippen LogP contribution < -0.4 is 16.5 Å². The number of rotatable bonds is 6. The summed E-state index contributed by atoms with van der Waals surface area (Å²) in [6.45, 7) is 3.13. The number of alkyl halides is 3. The van der Waals surface area contributed by atoms with E-state index in [1.54, 1.807) is 10.8 Å². The van der Waals surface area contributed by atoms with Crippen LogP contribution in [-0.4, -0.2) is 51.7 Å². The van der Waals surface area contributed by atoms with Crippen molar-refractivity contribution in [2.75, 3.05) is 26.8 Å². The highest BCUT2D eigenvalue weighted by Gasteiger charge is 2.48. The molecule has 7 rings (SSSR count). The Morgan fingerprint density at radius 1 is 1.08 bits per heavy atom. The molecule has 2 aromatic rings. The Hall–Kier alpha value is -1.88. The van der Waals surface area contributed by atoms with Crippen molar-refractivity contribution in [1.82, 2.24) is 29.6 Å². The Morgan fingerprint density at radius 2 is 1.85 bits per heavy atom. The van der Waals surface area contributed by atoms with Crippen molar-refractivity contribution < 1.29 is 13.2 Å². The lowest BCUT2D eigenvalue weighted by Gasteiger charge is -2.46. The van der Waals surface area contributed by atoms with Gasteiger partial charge in [-0.15, -0.1) is 0 Å². The van der Waals surface area contributed by atoms with E-state index < -0.39 is 11.7 Å². The van der Waals surface area contributed by atoms with Gasteiger partial charge in [-0.05, 0) is 86.9 Å². The summed E-state index contributed by atoms with van der Waals surface area (Å²) in [6, 6.07) is 1.21. The second kappa shape index (κ2) is 9.60. The molecule has 214 valence electrons. The maximum Gasteiger partial charge on any atom is 0.418 e. The minimum Gasteiger partial charge on any atom is -0.298 e. The van der Waals surface area contributed by atoms with E-state index in [9.17, 15) is 18.0 Å². The van der Waals surface area contributed by atoms with Gasteiger partial charge in [0.25, 0.3) is 0 Å². The molecule has 1 spiro atoms. The molecule has 0 amide bonds. The average Bonchev–Trinajstić information content (AvgIpc) is 3.14. The van der Waals surface area contributed by atoms with E-state index >= 15 is 0 Å². The number of fused-ring (bicyclic) bond motifs is 1. The van der Waals surface area contributed by atoms with Gasteiger partial charge in [0.2, 0.25) is 0 Å². The zero-order valence-corrected chi connectivity index (χ0v) is 22.8. The molecule has 10 heteroatoms. The van der Waals surface area contributed by atoms with Crippen molar-refractivity contribution in [3.8, 4) is 0 Å². The largest absolute Gasteiger partial charge is 0.418 e. The summed E-state index contributed by atoms with van der Waals surface area (Å²) in [5.41, 5.74) is 6.70. The lowest BCUT2D eigenvalue weighted by atomic mass is 9.65. The molecular weight excluding hydrogens is 505 g/mol. The van der Waals surface area contributed by atoms with E-state index in [2.05, 4.69) is 27.7 Å². The Labute approximate surface area is 227 Å². The molecule has 2 saturated heterocycles. The number of aromatic nitrogens is 2. The molecule has 4 heterocycles. The van der Waals surface area contributed by atoms with Gasteiger partial charge in [0.1, 0.15) is 0 Å². The number of nitrogens with one attached hydrogen (secondary N) is 2. The van der Waals surface area contributed by atoms with Gasteiger partial charge in [0.15, 0.2) is 0 Å². The first-order valence-corrected chi connectivity index (χ1v) is 15.0. The van der Waals surface area contributed by atoms with Crippen LogP contribution in [0, 0.1) is 23.2 Å². The number of nitrogens with zero attached hydrogens (tertiary/aromatic N) is 4. The number of hydrogen-bond acceptors (Lipinski definition) is 5. The van der Waals surface area contributed by atoms with Crippen LogP contribution in [0.4, 0.5) is 13.2 Å². The predicted molar refractivity (Wildman–Crippen MR) is 143 cm³/mol. The van der Waals surface area contributed by atoms with Gasteiger partial charge in [-0.3, -0.25) is 18.8 Å². The van der Waals surface area contributed by atoms with E-state index in [-0.39, 0.29) is 23.4 Å². The lowest BCUT2D eigenvalue weighted by molar-refractivity contribution is -0.136. The predicted octanol–water partition coefficient (Wildman–Crippen LogP) is 4.58. The van der Waals surface area contributed by atoms with E-state index in [1.165, 1.54) is 48.8 Å². The van der Waals surface area contributed by atoms with Crippen LogP contribution >= 0.6 is 0 Å².